The third-order valence-electron chi connectivity index (χ3n) is 2.72. The van der Waals surface area contributed by atoms with Gasteiger partial charge in [-0.25, -0.2) is 0 Å². The van der Waals surface area contributed by atoms with E-state index in [0.29, 0.717) is 0 Å². The topological polar surface area (TPSA) is 30.8 Å². The molecule has 0 aromatic heterocycles. The van der Waals surface area contributed by atoms with Crippen LogP contribution in [0.15, 0.2) is 65.8 Å². The minimum Gasteiger partial charge on any atom is -0.363 e. The second kappa shape index (κ2) is 6.71. The molecule has 0 aliphatic rings. The van der Waals surface area contributed by atoms with Gasteiger partial charge in [-0.15, -0.1) is 0 Å². The number of benzene rings is 2. The molecular weight excluding hydrogens is 238 g/mol. The van der Waals surface area contributed by atoms with E-state index in [1.54, 1.807) is 14.0 Å². The van der Waals surface area contributed by atoms with E-state index in [2.05, 4.69) is 5.16 Å². The summed E-state index contributed by atoms with van der Waals surface area (Å²) in [5, 5.41) is 4.23. The van der Waals surface area contributed by atoms with Crippen LogP contribution in [0.25, 0.3) is 0 Å². The first-order valence-corrected chi connectivity index (χ1v) is 6.18. The van der Waals surface area contributed by atoms with Crippen LogP contribution in [0.3, 0.4) is 0 Å². The number of methoxy groups -OCH3 is 1. The molecule has 98 valence electrons. The van der Waals surface area contributed by atoms with Crippen LogP contribution in [0.2, 0.25) is 0 Å². The molecule has 3 nitrogen and oxygen atoms in total. The van der Waals surface area contributed by atoms with E-state index in [1.807, 2.05) is 60.7 Å². The second-order valence-electron chi connectivity index (χ2n) is 4.08. The highest BCUT2D eigenvalue weighted by atomic mass is 16.8. The van der Waals surface area contributed by atoms with Crippen molar-refractivity contribution >= 4 is 5.71 Å². The first-order chi connectivity index (χ1) is 9.31. The van der Waals surface area contributed by atoms with E-state index in [4.69, 9.17) is 9.57 Å². The molecule has 2 aromatic carbocycles. The highest BCUT2D eigenvalue weighted by Crippen LogP contribution is 2.11. The number of rotatable bonds is 5. The molecule has 0 amide bonds. The summed E-state index contributed by atoms with van der Waals surface area (Å²) in [6, 6.07) is 19.9. The molecule has 1 atom stereocenters. The van der Waals surface area contributed by atoms with Crippen molar-refractivity contribution in [2.45, 2.75) is 13.2 Å². The van der Waals surface area contributed by atoms with Crippen LogP contribution in [-0.4, -0.2) is 19.1 Å². The minimum absolute atomic E-state index is 0.373. The van der Waals surface area contributed by atoms with Gasteiger partial charge in [-0.2, -0.15) is 0 Å². The summed E-state index contributed by atoms with van der Waals surface area (Å²) in [4.78, 5) is 5.33. The average molecular weight is 255 g/mol. The summed E-state index contributed by atoms with van der Waals surface area (Å²) >= 11 is 0. The van der Waals surface area contributed by atoms with Crippen molar-refractivity contribution in [1.29, 1.82) is 0 Å². The van der Waals surface area contributed by atoms with E-state index in [9.17, 15) is 0 Å². The molecule has 1 unspecified atom stereocenters. The van der Waals surface area contributed by atoms with Gasteiger partial charge < -0.3 is 9.57 Å². The minimum atomic E-state index is -0.373. The van der Waals surface area contributed by atoms with Gasteiger partial charge in [0, 0.05) is 25.2 Å². The molecule has 0 spiro atoms. The maximum Gasteiger partial charge on any atom is 0.223 e. The molecule has 2 aromatic rings. The molecule has 0 heterocycles. The van der Waals surface area contributed by atoms with Crippen molar-refractivity contribution in [3.8, 4) is 0 Å². The molecule has 0 radical (unpaired) electrons. The summed E-state index contributed by atoms with van der Waals surface area (Å²) in [5.74, 6) is 0. The Morgan fingerprint density at radius 2 is 1.37 bits per heavy atom. The lowest BCUT2D eigenvalue weighted by Crippen LogP contribution is -2.10. The van der Waals surface area contributed by atoms with E-state index >= 15 is 0 Å². The quantitative estimate of drug-likeness (QED) is 0.465. The van der Waals surface area contributed by atoms with Crippen molar-refractivity contribution in [2.75, 3.05) is 7.11 Å². The summed E-state index contributed by atoms with van der Waals surface area (Å²) in [5.41, 5.74) is 2.82. The van der Waals surface area contributed by atoms with Gasteiger partial charge in [0.15, 0.2) is 0 Å². The molecule has 0 aliphatic heterocycles. The maximum absolute atomic E-state index is 5.33. The molecule has 0 N–H and O–H groups in total. The van der Waals surface area contributed by atoms with Crippen LogP contribution < -0.4 is 0 Å². The Bertz CT molecular complexity index is 481. The van der Waals surface area contributed by atoms with Gasteiger partial charge in [-0.1, -0.05) is 65.8 Å². The number of hydrogen-bond donors (Lipinski definition) is 0. The summed E-state index contributed by atoms with van der Waals surface area (Å²) in [6.07, 6.45) is -0.373. The zero-order chi connectivity index (χ0) is 13.5. The number of ether oxygens (including phenoxy) is 1. The van der Waals surface area contributed by atoms with Crippen LogP contribution in [0.4, 0.5) is 0 Å². The lowest BCUT2D eigenvalue weighted by atomic mass is 10.0. The number of oxime groups is 1. The normalized spacial score (nSPS) is 11.7. The van der Waals surface area contributed by atoms with E-state index in [0.717, 1.165) is 16.8 Å². The third kappa shape index (κ3) is 3.66. The molecule has 0 bridgehead atoms. The second-order valence-corrected chi connectivity index (χ2v) is 4.08. The van der Waals surface area contributed by atoms with Gasteiger partial charge in [0.1, 0.15) is 5.71 Å². The SMILES string of the molecule is COC(C)ON=C(c1ccccc1)c1ccccc1. The van der Waals surface area contributed by atoms with E-state index in [-0.39, 0.29) is 6.29 Å². The summed E-state index contributed by atoms with van der Waals surface area (Å²) in [6.45, 7) is 1.80. The predicted octanol–water partition coefficient (Wildman–Crippen LogP) is 3.45. The molecule has 0 aliphatic carbocycles. The maximum atomic E-state index is 5.33. The van der Waals surface area contributed by atoms with Gasteiger partial charge in [0.25, 0.3) is 0 Å². The first-order valence-electron chi connectivity index (χ1n) is 6.18. The number of hydrogen-bond acceptors (Lipinski definition) is 3. The standard InChI is InChI=1S/C16H17NO2/c1-13(18-2)19-17-16(14-9-5-3-6-10-14)15-11-7-4-8-12-15/h3-13H,1-2H3. The largest absolute Gasteiger partial charge is 0.363 e. The van der Waals surface area contributed by atoms with E-state index in [1.165, 1.54) is 0 Å². The van der Waals surface area contributed by atoms with Crippen molar-refractivity contribution in [1.82, 2.24) is 0 Å². The Hall–Kier alpha value is -2.13. The van der Waals surface area contributed by atoms with Crippen molar-refractivity contribution in [3.63, 3.8) is 0 Å². The fourth-order valence-electron chi connectivity index (χ4n) is 1.63. The lowest BCUT2D eigenvalue weighted by molar-refractivity contribution is -0.109. The Kier molecular flexibility index (Phi) is 4.70. The summed E-state index contributed by atoms with van der Waals surface area (Å²) in [7, 11) is 1.59. The highest BCUT2D eigenvalue weighted by molar-refractivity contribution is 6.12. The molecular formula is C16H17NO2. The molecule has 0 fully saturated rings. The Balaban J connectivity index is 2.34. The van der Waals surface area contributed by atoms with Gasteiger partial charge in [-0.05, 0) is 0 Å². The van der Waals surface area contributed by atoms with Crippen molar-refractivity contribution < 1.29 is 9.57 Å². The van der Waals surface area contributed by atoms with Gasteiger partial charge in [-0.3, -0.25) is 0 Å². The predicted molar refractivity (Wildman–Crippen MR) is 76.1 cm³/mol. The van der Waals surface area contributed by atoms with Crippen LogP contribution >= 0.6 is 0 Å². The van der Waals surface area contributed by atoms with Gasteiger partial charge in [0.05, 0.1) is 0 Å². The third-order valence-corrected chi connectivity index (χ3v) is 2.72. The molecule has 3 heteroatoms. The lowest BCUT2D eigenvalue weighted by Gasteiger charge is -2.10. The Labute approximate surface area is 113 Å². The molecule has 2 rings (SSSR count). The van der Waals surface area contributed by atoms with Crippen molar-refractivity contribution in [2.24, 2.45) is 5.16 Å². The van der Waals surface area contributed by atoms with Gasteiger partial charge >= 0.3 is 0 Å². The zero-order valence-electron chi connectivity index (χ0n) is 11.1. The Morgan fingerprint density at radius 1 is 0.895 bits per heavy atom. The van der Waals surface area contributed by atoms with E-state index < -0.39 is 0 Å². The zero-order valence-corrected chi connectivity index (χ0v) is 11.1. The molecule has 0 saturated heterocycles. The smallest absolute Gasteiger partial charge is 0.223 e. The summed E-state index contributed by atoms with van der Waals surface area (Å²) < 4.78 is 5.04. The van der Waals surface area contributed by atoms with Crippen LogP contribution in [0, 0.1) is 0 Å². The van der Waals surface area contributed by atoms with Crippen LogP contribution in [0.5, 0.6) is 0 Å². The fourth-order valence-corrected chi connectivity index (χ4v) is 1.63. The fraction of sp³-hybridized carbons (Fsp3) is 0.188. The van der Waals surface area contributed by atoms with Crippen LogP contribution in [-0.2, 0) is 9.57 Å². The Morgan fingerprint density at radius 3 is 1.79 bits per heavy atom. The monoisotopic (exact) mass is 255 g/mol. The molecule has 19 heavy (non-hydrogen) atoms. The molecule has 0 saturated carbocycles. The number of nitrogens with zero attached hydrogens (tertiary/aromatic N) is 1. The van der Waals surface area contributed by atoms with Crippen molar-refractivity contribution in [3.05, 3.63) is 71.8 Å². The average Bonchev–Trinajstić information content (AvgIpc) is 2.49. The van der Waals surface area contributed by atoms with Crippen LogP contribution in [0.1, 0.15) is 18.1 Å². The first kappa shape index (κ1) is 13.3. The highest BCUT2D eigenvalue weighted by Gasteiger charge is 2.08. The van der Waals surface area contributed by atoms with Gasteiger partial charge in [0.2, 0.25) is 6.29 Å².